The molecular formula is C20H20FNO3. The highest BCUT2D eigenvalue weighted by Gasteiger charge is 2.26. The highest BCUT2D eigenvalue weighted by molar-refractivity contribution is 5.99. The molecule has 0 saturated heterocycles. The monoisotopic (exact) mass is 341 g/mol. The van der Waals surface area contributed by atoms with Crippen molar-refractivity contribution < 1.29 is 18.3 Å². The van der Waals surface area contributed by atoms with Crippen molar-refractivity contribution in [1.82, 2.24) is 4.90 Å². The molecule has 0 spiro atoms. The highest BCUT2D eigenvalue weighted by atomic mass is 19.1. The van der Waals surface area contributed by atoms with E-state index in [2.05, 4.69) is 0 Å². The number of amides is 1. The molecule has 130 valence electrons. The first-order chi connectivity index (χ1) is 12.0. The lowest BCUT2D eigenvalue weighted by Gasteiger charge is -2.25. The van der Waals surface area contributed by atoms with Crippen LogP contribution in [0.2, 0.25) is 0 Å². The lowest BCUT2D eigenvalue weighted by Crippen LogP contribution is -2.30. The minimum Gasteiger partial charge on any atom is -0.451 e. The third-order valence-corrected chi connectivity index (χ3v) is 4.43. The summed E-state index contributed by atoms with van der Waals surface area (Å²) in [7, 11) is 3.29. The molecular weight excluding hydrogens is 321 g/mol. The number of carbonyl (C=O) groups excluding carboxylic acids is 1. The summed E-state index contributed by atoms with van der Waals surface area (Å²) in [6.07, 6.45) is 0. The van der Waals surface area contributed by atoms with Gasteiger partial charge < -0.3 is 14.1 Å². The van der Waals surface area contributed by atoms with E-state index in [1.165, 1.54) is 12.1 Å². The van der Waals surface area contributed by atoms with Gasteiger partial charge in [-0.2, -0.15) is 0 Å². The largest absolute Gasteiger partial charge is 0.451 e. The van der Waals surface area contributed by atoms with E-state index in [0.29, 0.717) is 5.58 Å². The lowest BCUT2D eigenvalue weighted by molar-refractivity contribution is 0.0706. The van der Waals surface area contributed by atoms with E-state index in [1.54, 1.807) is 31.2 Å². The van der Waals surface area contributed by atoms with Crippen LogP contribution in [0.25, 0.3) is 11.0 Å². The topological polar surface area (TPSA) is 42.7 Å². The molecule has 3 aromatic rings. The van der Waals surface area contributed by atoms with Crippen LogP contribution in [0.5, 0.6) is 0 Å². The number of benzene rings is 2. The summed E-state index contributed by atoms with van der Waals surface area (Å²) in [5.74, 6) is -0.260. The van der Waals surface area contributed by atoms with Gasteiger partial charge in [-0.25, -0.2) is 4.39 Å². The fraction of sp³-hybridized carbons (Fsp3) is 0.250. The molecule has 1 atom stereocenters. The van der Waals surface area contributed by atoms with Gasteiger partial charge in [-0.15, -0.1) is 0 Å². The zero-order valence-electron chi connectivity index (χ0n) is 14.5. The third kappa shape index (κ3) is 3.28. The molecule has 0 aliphatic rings. The van der Waals surface area contributed by atoms with Gasteiger partial charge in [-0.05, 0) is 30.7 Å². The molecule has 3 rings (SSSR count). The van der Waals surface area contributed by atoms with Gasteiger partial charge in [0.2, 0.25) is 0 Å². The van der Waals surface area contributed by atoms with Crippen LogP contribution in [0, 0.1) is 5.82 Å². The van der Waals surface area contributed by atoms with E-state index in [-0.39, 0.29) is 30.1 Å². The number of para-hydroxylation sites is 1. The van der Waals surface area contributed by atoms with E-state index >= 15 is 0 Å². The number of hydrogen-bond acceptors (Lipinski definition) is 3. The van der Waals surface area contributed by atoms with Gasteiger partial charge >= 0.3 is 0 Å². The molecule has 5 heteroatoms. The van der Waals surface area contributed by atoms with Crippen LogP contribution >= 0.6 is 0 Å². The summed E-state index contributed by atoms with van der Waals surface area (Å²) in [6, 6.07) is 13.4. The van der Waals surface area contributed by atoms with Crippen molar-refractivity contribution in [2.75, 3.05) is 14.2 Å². The van der Waals surface area contributed by atoms with Gasteiger partial charge in [-0.3, -0.25) is 4.79 Å². The van der Waals surface area contributed by atoms with Crippen molar-refractivity contribution in [2.45, 2.75) is 19.6 Å². The quantitative estimate of drug-likeness (QED) is 0.684. The number of halogens is 1. The van der Waals surface area contributed by atoms with Crippen LogP contribution in [0.1, 0.15) is 34.6 Å². The summed E-state index contributed by atoms with van der Waals surface area (Å²) in [6.45, 7) is 2.18. The van der Waals surface area contributed by atoms with E-state index in [9.17, 15) is 9.18 Å². The van der Waals surface area contributed by atoms with E-state index in [4.69, 9.17) is 9.15 Å². The molecule has 0 aliphatic carbocycles. The number of fused-ring (bicyclic) bond motifs is 1. The normalized spacial score (nSPS) is 12.3. The van der Waals surface area contributed by atoms with E-state index < -0.39 is 0 Å². The summed E-state index contributed by atoms with van der Waals surface area (Å²) in [5, 5.41) is 0.871. The SMILES string of the molecule is COCc1c(C(=O)N(C)[C@@H](C)c2ccc(F)cc2)oc2ccccc12. The Balaban J connectivity index is 1.95. The molecule has 0 radical (unpaired) electrons. The van der Waals surface area contributed by atoms with Crippen molar-refractivity contribution in [2.24, 2.45) is 0 Å². The highest BCUT2D eigenvalue weighted by Crippen LogP contribution is 2.29. The summed E-state index contributed by atoms with van der Waals surface area (Å²) in [4.78, 5) is 14.6. The Hall–Kier alpha value is -2.66. The van der Waals surface area contributed by atoms with Crippen molar-refractivity contribution in [3.8, 4) is 0 Å². The zero-order chi connectivity index (χ0) is 18.0. The molecule has 25 heavy (non-hydrogen) atoms. The number of ether oxygens (including phenoxy) is 1. The van der Waals surface area contributed by atoms with Crippen molar-refractivity contribution in [1.29, 1.82) is 0 Å². The fourth-order valence-electron chi connectivity index (χ4n) is 2.86. The molecule has 2 aromatic carbocycles. The van der Waals surface area contributed by atoms with Gasteiger partial charge in [0.25, 0.3) is 5.91 Å². The van der Waals surface area contributed by atoms with Crippen LogP contribution in [0.3, 0.4) is 0 Å². The molecule has 0 fully saturated rings. The second-order valence-electron chi connectivity index (χ2n) is 5.98. The molecule has 4 nitrogen and oxygen atoms in total. The first kappa shape index (κ1) is 17.2. The predicted octanol–water partition coefficient (Wildman–Crippen LogP) is 4.55. The smallest absolute Gasteiger partial charge is 0.290 e. The van der Waals surface area contributed by atoms with Gasteiger partial charge in [-0.1, -0.05) is 30.3 Å². The van der Waals surface area contributed by atoms with E-state index in [1.807, 2.05) is 31.2 Å². The van der Waals surface area contributed by atoms with Crippen molar-refractivity contribution >= 4 is 16.9 Å². The number of methoxy groups -OCH3 is 1. The Morgan fingerprint density at radius 2 is 1.88 bits per heavy atom. The first-order valence-electron chi connectivity index (χ1n) is 8.05. The van der Waals surface area contributed by atoms with Gasteiger partial charge in [0.1, 0.15) is 11.4 Å². The number of furan rings is 1. The Bertz CT molecular complexity index is 886. The summed E-state index contributed by atoms with van der Waals surface area (Å²) >= 11 is 0. The average Bonchev–Trinajstić information content (AvgIpc) is 2.99. The van der Waals surface area contributed by atoms with Gasteiger partial charge in [0.05, 0.1) is 12.6 Å². The van der Waals surface area contributed by atoms with Crippen LogP contribution in [0.4, 0.5) is 4.39 Å². The lowest BCUT2D eigenvalue weighted by atomic mass is 10.1. The van der Waals surface area contributed by atoms with Crippen molar-refractivity contribution in [3.05, 3.63) is 71.2 Å². The number of nitrogens with zero attached hydrogens (tertiary/aromatic N) is 1. The van der Waals surface area contributed by atoms with Crippen molar-refractivity contribution in [3.63, 3.8) is 0 Å². The molecule has 1 heterocycles. The second kappa shape index (κ2) is 7.07. The minimum atomic E-state index is -0.301. The Morgan fingerprint density at radius 3 is 2.56 bits per heavy atom. The molecule has 1 aromatic heterocycles. The Morgan fingerprint density at radius 1 is 1.20 bits per heavy atom. The Kier molecular flexibility index (Phi) is 4.86. The van der Waals surface area contributed by atoms with Crippen LogP contribution in [-0.4, -0.2) is 25.0 Å². The van der Waals surface area contributed by atoms with E-state index in [0.717, 1.165) is 16.5 Å². The van der Waals surface area contributed by atoms with Gasteiger partial charge in [0.15, 0.2) is 5.76 Å². The second-order valence-corrected chi connectivity index (χ2v) is 5.98. The zero-order valence-corrected chi connectivity index (χ0v) is 14.5. The summed E-state index contributed by atoms with van der Waals surface area (Å²) < 4.78 is 24.2. The maximum absolute atomic E-state index is 13.1. The van der Waals surface area contributed by atoms with Gasteiger partial charge in [0, 0.05) is 25.1 Å². The molecule has 0 aliphatic heterocycles. The number of hydrogen-bond donors (Lipinski definition) is 0. The van der Waals surface area contributed by atoms with Crippen LogP contribution < -0.4 is 0 Å². The Labute approximate surface area is 145 Å². The first-order valence-corrected chi connectivity index (χ1v) is 8.05. The maximum Gasteiger partial charge on any atom is 0.290 e. The predicted molar refractivity (Wildman–Crippen MR) is 93.8 cm³/mol. The summed E-state index contributed by atoms with van der Waals surface area (Å²) in [5.41, 5.74) is 2.24. The number of rotatable bonds is 5. The third-order valence-electron chi connectivity index (χ3n) is 4.43. The maximum atomic E-state index is 13.1. The standard InChI is InChI=1S/C20H20FNO3/c1-13(14-8-10-15(21)11-9-14)22(2)20(23)19-17(12-24-3)16-6-4-5-7-18(16)25-19/h4-11,13H,12H2,1-3H3/t13-/m0/s1. The fourth-order valence-corrected chi connectivity index (χ4v) is 2.86. The molecule has 0 saturated carbocycles. The molecule has 1 amide bonds. The molecule has 0 bridgehead atoms. The van der Waals surface area contributed by atoms with Crippen LogP contribution in [0.15, 0.2) is 52.9 Å². The minimum absolute atomic E-state index is 0.225. The molecule has 0 unspecified atom stereocenters. The van der Waals surface area contributed by atoms with Crippen LogP contribution in [-0.2, 0) is 11.3 Å². The number of carbonyl (C=O) groups is 1. The average molecular weight is 341 g/mol. The molecule has 0 N–H and O–H groups in total.